The van der Waals surface area contributed by atoms with Gasteiger partial charge in [0, 0.05) is 12.6 Å². The summed E-state index contributed by atoms with van der Waals surface area (Å²) in [5.41, 5.74) is 5.53. The van der Waals surface area contributed by atoms with Gasteiger partial charge in [-0.1, -0.05) is 12.1 Å². The average Bonchev–Trinajstić information content (AvgIpc) is 3.24. The molecule has 2 N–H and O–H groups in total. The van der Waals surface area contributed by atoms with Crippen LogP contribution in [0.15, 0.2) is 42.7 Å². The second-order valence-electron chi connectivity index (χ2n) is 7.02. The van der Waals surface area contributed by atoms with Crippen LogP contribution in [0.25, 0.3) is 11.0 Å². The van der Waals surface area contributed by atoms with Gasteiger partial charge in [-0.2, -0.15) is 0 Å². The Morgan fingerprint density at radius 1 is 1.24 bits per heavy atom. The zero-order valence-corrected chi connectivity index (χ0v) is 14.1. The summed E-state index contributed by atoms with van der Waals surface area (Å²) in [5, 5.41) is 11.1. The van der Waals surface area contributed by atoms with E-state index in [0.29, 0.717) is 5.92 Å². The van der Waals surface area contributed by atoms with Crippen LogP contribution in [0.2, 0.25) is 0 Å². The van der Waals surface area contributed by atoms with Crippen molar-refractivity contribution in [1.82, 2.24) is 14.9 Å². The molecular formula is C20H21N3O2. The Morgan fingerprint density at radius 3 is 3.04 bits per heavy atom. The minimum atomic E-state index is -0.605. The zero-order valence-electron chi connectivity index (χ0n) is 14.1. The van der Waals surface area contributed by atoms with Crippen LogP contribution in [0.5, 0.6) is 5.75 Å². The fourth-order valence-corrected chi connectivity index (χ4v) is 4.51. The summed E-state index contributed by atoms with van der Waals surface area (Å²) < 4.78 is 5.39. The van der Waals surface area contributed by atoms with Crippen molar-refractivity contribution in [2.75, 3.05) is 13.7 Å². The van der Waals surface area contributed by atoms with Gasteiger partial charge in [-0.25, -0.2) is 4.98 Å². The molecule has 2 heterocycles. The summed E-state index contributed by atoms with van der Waals surface area (Å²) in [6, 6.07) is 12.6. The average molecular weight is 335 g/mol. The maximum Gasteiger partial charge on any atom is 0.134 e. The van der Waals surface area contributed by atoms with E-state index in [-0.39, 0.29) is 6.04 Å². The predicted octanol–water partition coefficient (Wildman–Crippen LogP) is 3.50. The van der Waals surface area contributed by atoms with E-state index in [9.17, 15) is 5.11 Å². The maximum absolute atomic E-state index is 11.1. The number of hydrogen-bond acceptors (Lipinski definition) is 4. The molecule has 0 saturated carbocycles. The smallest absolute Gasteiger partial charge is 0.134 e. The highest BCUT2D eigenvalue weighted by atomic mass is 16.5. The van der Waals surface area contributed by atoms with Gasteiger partial charge < -0.3 is 14.8 Å². The van der Waals surface area contributed by atoms with Gasteiger partial charge in [0.05, 0.1) is 24.5 Å². The molecule has 5 rings (SSSR count). The molecule has 3 aromatic rings. The third-order valence-electron chi connectivity index (χ3n) is 5.79. The highest BCUT2D eigenvalue weighted by Gasteiger charge is 2.41. The first-order chi connectivity index (χ1) is 12.2. The van der Waals surface area contributed by atoms with Crippen LogP contribution >= 0.6 is 0 Å². The van der Waals surface area contributed by atoms with E-state index in [4.69, 9.17) is 4.74 Å². The van der Waals surface area contributed by atoms with Crippen molar-refractivity contribution in [2.24, 2.45) is 0 Å². The number of piperidine rings is 1. The number of methoxy groups -OCH3 is 1. The third-order valence-corrected chi connectivity index (χ3v) is 5.79. The Balaban J connectivity index is 1.49. The van der Waals surface area contributed by atoms with Crippen molar-refractivity contribution in [3.8, 4) is 5.75 Å². The number of benzene rings is 2. The molecule has 1 saturated heterocycles. The Bertz CT molecular complexity index is 936. The molecule has 25 heavy (non-hydrogen) atoms. The van der Waals surface area contributed by atoms with E-state index in [1.165, 1.54) is 11.1 Å². The molecule has 2 bridgehead atoms. The van der Waals surface area contributed by atoms with Crippen LogP contribution in [-0.4, -0.2) is 33.6 Å². The fraction of sp³-hybridized carbons (Fsp3) is 0.350. The van der Waals surface area contributed by atoms with E-state index in [1.54, 1.807) is 13.4 Å². The molecule has 3 unspecified atom stereocenters. The molecule has 5 nitrogen and oxygen atoms in total. The van der Waals surface area contributed by atoms with Crippen LogP contribution in [0.1, 0.15) is 47.7 Å². The van der Waals surface area contributed by atoms with E-state index in [0.717, 1.165) is 41.7 Å². The number of ether oxygens (including phenoxy) is 1. The Hall–Kier alpha value is -2.37. The number of aliphatic hydroxyl groups excluding tert-OH is 1. The molecular weight excluding hydrogens is 314 g/mol. The summed E-state index contributed by atoms with van der Waals surface area (Å²) in [5.74, 6) is 1.50. The van der Waals surface area contributed by atoms with Crippen LogP contribution in [0.4, 0.5) is 0 Å². The van der Waals surface area contributed by atoms with E-state index < -0.39 is 6.23 Å². The molecule has 0 radical (unpaired) electrons. The van der Waals surface area contributed by atoms with Crippen molar-refractivity contribution in [2.45, 2.75) is 31.0 Å². The van der Waals surface area contributed by atoms with Crippen LogP contribution in [0, 0.1) is 0 Å². The number of imidazole rings is 1. The minimum absolute atomic E-state index is 0.270. The monoisotopic (exact) mass is 335 g/mol. The second-order valence-corrected chi connectivity index (χ2v) is 7.02. The molecule has 0 spiro atoms. The number of hydrogen-bond donors (Lipinski definition) is 2. The molecule has 1 aliphatic heterocycles. The Kier molecular flexibility index (Phi) is 3.33. The number of nitrogens with one attached hydrogen (secondary N) is 1. The molecule has 5 heteroatoms. The standard InChI is InChI=1S/C20H21N3O2/c1-25-14-3-4-15-16(10-14)12-6-7-23(19(15)9-12)20(24)13-2-5-17-18(8-13)22-11-21-17/h2-5,8,10-12,19-20,24H,6-7,9H2,1H3,(H,21,22). The van der Waals surface area contributed by atoms with E-state index in [1.807, 2.05) is 24.3 Å². The lowest BCUT2D eigenvalue weighted by Gasteiger charge is -2.37. The molecule has 3 atom stereocenters. The summed E-state index contributed by atoms with van der Waals surface area (Å²) in [6.45, 7) is 0.897. The molecule has 0 amide bonds. The molecule has 2 aliphatic rings. The van der Waals surface area contributed by atoms with Crippen molar-refractivity contribution in [3.63, 3.8) is 0 Å². The minimum Gasteiger partial charge on any atom is -0.497 e. The summed E-state index contributed by atoms with van der Waals surface area (Å²) in [7, 11) is 1.71. The molecule has 1 fully saturated rings. The molecule has 2 aromatic carbocycles. The number of rotatable bonds is 3. The van der Waals surface area contributed by atoms with Crippen LogP contribution in [0.3, 0.4) is 0 Å². The van der Waals surface area contributed by atoms with Crippen molar-refractivity contribution < 1.29 is 9.84 Å². The normalized spacial score (nSPS) is 23.6. The van der Waals surface area contributed by atoms with E-state index in [2.05, 4.69) is 27.0 Å². The van der Waals surface area contributed by atoms with Crippen LogP contribution < -0.4 is 4.74 Å². The summed E-state index contributed by atoms with van der Waals surface area (Å²) in [4.78, 5) is 9.61. The fourth-order valence-electron chi connectivity index (χ4n) is 4.51. The first-order valence-corrected chi connectivity index (χ1v) is 8.79. The number of aliphatic hydroxyl groups is 1. The van der Waals surface area contributed by atoms with Gasteiger partial charge >= 0.3 is 0 Å². The Morgan fingerprint density at radius 2 is 2.16 bits per heavy atom. The number of aromatic amines is 1. The SMILES string of the molecule is COc1ccc2c(c1)C1CCN(C(O)c3ccc4nc[nH]c4c3)C2C1. The van der Waals surface area contributed by atoms with Gasteiger partial charge in [-0.05, 0) is 59.7 Å². The summed E-state index contributed by atoms with van der Waals surface area (Å²) in [6.07, 6.45) is 3.23. The highest BCUT2D eigenvalue weighted by Crippen LogP contribution is 2.51. The van der Waals surface area contributed by atoms with Gasteiger partial charge in [0.25, 0.3) is 0 Å². The van der Waals surface area contributed by atoms with Gasteiger partial charge in [-0.3, -0.25) is 4.90 Å². The first kappa shape index (κ1) is 14.9. The zero-order chi connectivity index (χ0) is 17.0. The lowest BCUT2D eigenvalue weighted by atomic mass is 9.95. The molecule has 1 aliphatic carbocycles. The van der Waals surface area contributed by atoms with Gasteiger partial charge in [-0.15, -0.1) is 0 Å². The number of aromatic nitrogens is 2. The topological polar surface area (TPSA) is 61.4 Å². The largest absolute Gasteiger partial charge is 0.497 e. The highest BCUT2D eigenvalue weighted by molar-refractivity contribution is 5.75. The molecule has 1 aromatic heterocycles. The van der Waals surface area contributed by atoms with Crippen molar-refractivity contribution in [3.05, 3.63) is 59.4 Å². The van der Waals surface area contributed by atoms with Gasteiger partial charge in [0.2, 0.25) is 0 Å². The summed E-state index contributed by atoms with van der Waals surface area (Å²) >= 11 is 0. The third kappa shape index (κ3) is 2.27. The maximum atomic E-state index is 11.1. The predicted molar refractivity (Wildman–Crippen MR) is 95.5 cm³/mol. The van der Waals surface area contributed by atoms with Gasteiger partial charge in [0.1, 0.15) is 12.0 Å². The van der Waals surface area contributed by atoms with Gasteiger partial charge in [0.15, 0.2) is 0 Å². The Labute approximate surface area is 146 Å². The number of nitrogens with zero attached hydrogens (tertiary/aromatic N) is 2. The van der Waals surface area contributed by atoms with Crippen molar-refractivity contribution >= 4 is 11.0 Å². The second kappa shape index (κ2) is 5.58. The molecule has 128 valence electrons. The number of likely N-dealkylation sites (tertiary alicyclic amines) is 1. The van der Waals surface area contributed by atoms with E-state index >= 15 is 0 Å². The van der Waals surface area contributed by atoms with Crippen molar-refractivity contribution in [1.29, 1.82) is 0 Å². The quantitative estimate of drug-likeness (QED) is 0.769. The number of fused-ring (bicyclic) bond motifs is 6. The lowest BCUT2D eigenvalue weighted by molar-refractivity contribution is -0.0421. The number of H-pyrrole nitrogens is 1. The lowest BCUT2D eigenvalue weighted by Crippen LogP contribution is -2.35. The van der Waals surface area contributed by atoms with Crippen LogP contribution in [-0.2, 0) is 0 Å². The first-order valence-electron chi connectivity index (χ1n) is 8.79.